The lowest BCUT2D eigenvalue weighted by Crippen LogP contribution is -2.05. The molecule has 0 atom stereocenters. The van der Waals surface area contributed by atoms with Gasteiger partial charge in [-0.25, -0.2) is 0 Å². The van der Waals surface area contributed by atoms with Crippen molar-refractivity contribution in [1.29, 1.82) is 0 Å². The van der Waals surface area contributed by atoms with Gasteiger partial charge < -0.3 is 23.7 Å². The van der Waals surface area contributed by atoms with Gasteiger partial charge in [-0.15, -0.1) is 0 Å². The molecule has 1 heterocycles. The van der Waals surface area contributed by atoms with E-state index < -0.39 is 0 Å². The Morgan fingerprint density at radius 2 is 1.96 bits per heavy atom. The predicted molar refractivity (Wildman–Crippen MR) is 91.4 cm³/mol. The Morgan fingerprint density at radius 3 is 2.76 bits per heavy atom. The van der Waals surface area contributed by atoms with Crippen molar-refractivity contribution in [1.82, 2.24) is 0 Å². The number of allylic oxidation sites excluding steroid dienone is 1. The first-order chi connectivity index (χ1) is 12.2. The third-order valence-electron chi connectivity index (χ3n) is 3.61. The van der Waals surface area contributed by atoms with Crippen LogP contribution in [0, 0.1) is 0 Å². The van der Waals surface area contributed by atoms with Crippen LogP contribution in [0.2, 0.25) is 0 Å². The Hall–Kier alpha value is -2.99. The van der Waals surface area contributed by atoms with Crippen molar-refractivity contribution >= 4 is 11.9 Å². The van der Waals surface area contributed by atoms with E-state index in [2.05, 4.69) is 0 Å². The van der Waals surface area contributed by atoms with E-state index in [0.29, 0.717) is 28.6 Å². The first kappa shape index (κ1) is 16.9. The maximum atomic E-state index is 12.5. The summed E-state index contributed by atoms with van der Waals surface area (Å²) in [6.45, 7) is 0.257. The molecule has 0 N–H and O–H groups in total. The minimum absolute atomic E-state index is 0.0410. The van der Waals surface area contributed by atoms with Crippen LogP contribution in [0.5, 0.6) is 23.0 Å². The standard InChI is InChI=1S/C19H18O6/c1-21-11-23-18-10-14(22-2)5-6-15(18)16(20)7-3-13-4-8-17-19(9-13)25-12-24-17/h3-10H,11-12H2,1-2H3/b7-3+. The second-order valence-electron chi connectivity index (χ2n) is 5.22. The summed E-state index contributed by atoms with van der Waals surface area (Å²) in [5.74, 6) is 2.19. The van der Waals surface area contributed by atoms with Crippen LogP contribution >= 0.6 is 0 Å². The van der Waals surface area contributed by atoms with Gasteiger partial charge in [-0.3, -0.25) is 4.79 Å². The van der Waals surface area contributed by atoms with E-state index in [1.165, 1.54) is 13.2 Å². The number of fused-ring (bicyclic) bond motifs is 1. The van der Waals surface area contributed by atoms with Gasteiger partial charge in [0.1, 0.15) is 11.5 Å². The predicted octanol–water partition coefficient (Wildman–Crippen LogP) is 3.30. The van der Waals surface area contributed by atoms with Crippen LogP contribution in [-0.4, -0.2) is 33.6 Å². The number of hydrogen-bond donors (Lipinski definition) is 0. The van der Waals surface area contributed by atoms with Gasteiger partial charge in [-0.1, -0.05) is 12.1 Å². The summed E-state index contributed by atoms with van der Waals surface area (Å²) in [4.78, 5) is 12.5. The van der Waals surface area contributed by atoms with Crippen LogP contribution in [0.1, 0.15) is 15.9 Å². The fourth-order valence-corrected chi connectivity index (χ4v) is 2.35. The molecule has 0 radical (unpaired) electrons. The topological polar surface area (TPSA) is 63.2 Å². The Balaban J connectivity index is 1.80. The van der Waals surface area contributed by atoms with E-state index in [9.17, 15) is 4.79 Å². The maximum absolute atomic E-state index is 12.5. The van der Waals surface area contributed by atoms with Gasteiger partial charge >= 0.3 is 0 Å². The lowest BCUT2D eigenvalue weighted by molar-refractivity contribution is 0.0502. The fourth-order valence-electron chi connectivity index (χ4n) is 2.35. The number of benzene rings is 2. The SMILES string of the molecule is COCOc1cc(OC)ccc1C(=O)/C=C/c1ccc2c(c1)OCO2. The van der Waals surface area contributed by atoms with Crippen molar-refractivity contribution in [3.05, 3.63) is 53.6 Å². The highest BCUT2D eigenvalue weighted by Crippen LogP contribution is 2.33. The van der Waals surface area contributed by atoms with E-state index in [4.69, 9.17) is 23.7 Å². The van der Waals surface area contributed by atoms with Crippen LogP contribution in [0.4, 0.5) is 0 Å². The van der Waals surface area contributed by atoms with Crippen molar-refractivity contribution in [3.63, 3.8) is 0 Å². The Morgan fingerprint density at radius 1 is 1.12 bits per heavy atom. The molecule has 2 aromatic carbocycles. The second-order valence-corrected chi connectivity index (χ2v) is 5.22. The molecule has 1 aliphatic heterocycles. The molecule has 25 heavy (non-hydrogen) atoms. The Labute approximate surface area is 145 Å². The van der Waals surface area contributed by atoms with Crippen molar-refractivity contribution in [3.8, 4) is 23.0 Å². The summed E-state index contributed by atoms with van der Waals surface area (Å²) < 4.78 is 26.1. The first-order valence-electron chi connectivity index (χ1n) is 7.63. The number of carbonyl (C=O) groups excluding carboxylic acids is 1. The summed E-state index contributed by atoms with van der Waals surface area (Å²) in [6.07, 6.45) is 3.20. The van der Waals surface area contributed by atoms with Gasteiger partial charge in [0.05, 0.1) is 12.7 Å². The van der Waals surface area contributed by atoms with Gasteiger partial charge in [0.15, 0.2) is 24.1 Å². The van der Waals surface area contributed by atoms with Crippen molar-refractivity contribution in [2.45, 2.75) is 0 Å². The molecule has 6 nitrogen and oxygen atoms in total. The van der Waals surface area contributed by atoms with Crippen LogP contribution < -0.4 is 18.9 Å². The average molecular weight is 342 g/mol. The molecular weight excluding hydrogens is 324 g/mol. The van der Waals surface area contributed by atoms with Gasteiger partial charge in [0, 0.05) is 13.2 Å². The number of carbonyl (C=O) groups is 1. The molecule has 0 aliphatic carbocycles. The lowest BCUT2D eigenvalue weighted by atomic mass is 10.1. The van der Waals surface area contributed by atoms with Crippen LogP contribution in [0.3, 0.4) is 0 Å². The van der Waals surface area contributed by atoms with E-state index in [-0.39, 0.29) is 19.4 Å². The van der Waals surface area contributed by atoms with Crippen LogP contribution in [0.15, 0.2) is 42.5 Å². The zero-order valence-corrected chi connectivity index (χ0v) is 14.0. The zero-order valence-electron chi connectivity index (χ0n) is 14.0. The fraction of sp³-hybridized carbons (Fsp3) is 0.211. The van der Waals surface area contributed by atoms with Crippen molar-refractivity contribution in [2.24, 2.45) is 0 Å². The average Bonchev–Trinajstić information content (AvgIpc) is 3.12. The smallest absolute Gasteiger partial charge is 0.231 e. The summed E-state index contributed by atoms with van der Waals surface area (Å²) >= 11 is 0. The molecule has 6 heteroatoms. The molecule has 1 aliphatic rings. The van der Waals surface area contributed by atoms with Gasteiger partial charge in [0.25, 0.3) is 0 Å². The third-order valence-corrected chi connectivity index (χ3v) is 3.61. The highest BCUT2D eigenvalue weighted by Gasteiger charge is 2.14. The minimum atomic E-state index is -0.188. The molecular formula is C19H18O6. The lowest BCUT2D eigenvalue weighted by Gasteiger charge is -2.10. The van der Waals surface area contributed by atoms with E-state index in [1.807, 2.05) is 18.2 Å². The summed E-state index contributed by atoms with van der Waals surface area (Å²) in [6, 6.07) is 10.5. The van der Waals surface area contributed by atoms with Crippen molar-refractivity contribution in [2.75, 3.05) is 27.8 Å². The van der Waals surface area contributed by atoms with Gasteiger partial charge in [-0.2, -0.15) is 0 Å². The van der Waals surface area contributed by atoms with E-state index in [1.54, 1.807) is 31.4 Å². The number of hydrogen-bond acceptors (Lipinski definition) is 6. The molecule has 0 amide bonds. The Kier molecular flexibility index (Phi) is 5.20. The number of ether oxygens (including phenoxy) is 5. The minimum Gasteiger partial charge on any atom is -0.497 e. The molecule has 0 saturated carbocycles. The molecule has 130 valence electrons. The van der Waals surface area contributed by atoms with Gasteiger partial charge in [0.2, 0.25) is 6.79 Å². The summed E-state index contributed by atoms with van der Waals surface area (Å²) in [5.41, 5.74) is 1.26. The second kappa shape index (κ2) is 7.72. The molecule has 0 bridgehead atoms. The van der Waals surface area contributed by atoms with Gasteiger partial charge in [-0.05, 0) is 35.9 Å². The molecule has 0 unspecified atom stereocenters. The van der Waals surface area contributed by atoms with Crippen molar-refractivity contribution < 1.29 is 28.5 Å². The molecule has 0 saturated heterocycles. The number of rotatable bonds is 7. The number of methoxy groups -OCH3 is 2. The largest absolute Gasteiger partial charge is 0.497 e. The van der Waals surface area contributed by atoms with Crippen LogP contribution in [-0.2, 0) is 4.74 Å². The normalized spacial score (nSPS) is 12.4. The molecule has 0 fully saturated rings. The molecule has 2 aromatic rings. The summed E-state index contributed by atoms with van der Waals surface area (Å²) in [7, 11) is 3.07. The molecule has 0 aromatic heterocycles. The zero-order chi connectivity index (χ0) is 17.6. The third kappa shape index (κ3) is 3.92. The van der Waals surface area contributed by atoms with Crippen LogP contribution in [0.25, 0.3) is 6.08 Å². The summed E-state index contributed by atoms with van der Waals surface area (Å²) in [5, 5.41) is 0. The Bertz CT molecular complexity index is 796. The first-order valence-corrected chi connectivity index (χ1v) is 7.63. The highest BCUT2D eigenvalue weighted by molar-refractivity contribution is 6.08. The quantitative estimate of drug-likeness (QED) is 0.437. The molecule has 0 spiro atoms. The highest BCUT2D eigenvalue weighted by atomic mass is 16.7. The van der Waals surface area contributed by atoms with E-state index in [0.717, 1.165) is 5.56 Å². The monoisotopic (exact) mass is 342 g/mol. The molecule has 3 rings (SSSR count). The number of ketones is 1. The van der Waals surface area contributed by atoms with E-state index >= 15 is 0 Å². The maximum Gasteiger partial charge on any atom is 0.231 e.